The van der Waals surface area contributed by atoms with Gasteiger partial charge in [0.25, 0.3) is 0 Å². The fourth-order valence-electron chi connectivity index (χ4n) is 0.727. The zero-order chi connectivity index (χ0) is 12.4. The maximum Gasteiger partial charge on any atom is 1.00 e. The molecule has 0 aliphatic heterocycles. The van der Waals surface area contributed by atoms with Gasteiger partial charge in [-0.2, -0.15) is 0 Å². The second-order valence-corrected chi connectivity index (χ2v) is 4.35. The van der Waals surface area contributed by atoms with Gasteiger partial charge in [0.2, 0.25) is 0 Å². The molecule has 0 spiro atoms. The van der Waals surface area contributed by atoms with Gasteiger partial charge in [0.15, 0.2) is 0 Å². The van der Waals surface area contributed by atoms with Crippen LogP contribution in [0.2, 0.25) is 0 Å². The summed E-state index contributed by atoms with van der Waals surface area (Å²) in [5.41, 5.74) is 0. The van der Waals surface area contributed by atoms with E-state index in [4.69, 9.17) is 9.47 Å². The molecule has 0 radical (unpaired) electrons. The van der Waals surface area contributed by atoms with Crippen LogP contribution in [0, 0.1) is 0 Å². The first kappa shape index (κ1) is 19.6. The van der Waals surface area contributed by atoms with E-state index in [1.807, 2.05) is 0 Å². The molecule has 0 unspecified atom stereocenters. The summed E-state index contributed by atoms with van der Waals surface area (Å²) in [6, 6.07) is 0. The van der Waals surface area contributed by atoms with E-state index < -0.39 is 15.9 Å². The molecular formula is C8H15NaO7S. The van der Waals surface area contributed by atoms with Gasteiger partial charge in [0, 0.05) is 6.92 Å². The zero-order valence-electron chi connectivity index (χ0n) is 10.0. The number of hydrogen-bond donors (Lipinski definition) is 0. The zero-order valence-corrected chi connectivity index (χ0v) is 12.8. The largest absolute Gasteiger partial charge is 1.00 e. The molecule has 0 bridgehead atoms. The van der Waals surface area contributed by atoms with Gasteiger partial charge in [0.1, 0.15) is 6.61 Å². The van der Waals surface area contributed by atoms with Crippen molar-refractivity contribution in [2.24, 2.45) is 0 Å². The Labute approximate surface area is 123 Å². The Morgan fingerprint density at radius 2 is 1.53 bits per heavy atom. The molecule has 0 amide bonds. The number of rotatable bonds is 9. The first-order valence-corrected chi connectivity index (χ1v) is 6.22. The van der Waals surface area contributed by atoms with E-state index >= 15 is 0 Å². The number of carbonyl (C=O) groups excluding carboxylic acids is 1. The van der Waals surface area contributed by atoms with Crippen molar-refractivity contribution in [2.75, 3.05) is 38.8 Å². The van der Waals surface area contributed by atoms with Crippen molar-refractivity contribution in [1.82, 2.24) is 0 Å². The van der Waals surface area contributed by atoms with E-state index in [-0.39, 0.29) is 68.6 Å². The smallest absolute Gasteiger partial charge is 0.748 e. The molecule has 0 heterocycles. The van der Waals surface area contributed by atoms with Gasteiger partial charge in [-0.15, -0.1) is 0 Å². The summed E-state index contributed by atoms with van der Waals surface area (Å²) < 4.78 is 44.9. The average molecular weight is 278 g/mol. The van der Waals surface area contributed by atoms with Gasteiger partial charge in [-0.1, -0.05) is 0 Å². The van der Waals surface area contributed by atoms with E-state index in [0.717, 1.165) is 0 Å². The first-order valence-electron chi connectivity index (χ1n) is 4.64. The van der Waals surface area contributed by atoms with Crippen molar-refractivity contribution < 1.29 is 61.5 Å². The maximum atomic E-state index is 10.3. The third-order valence-corrected chi connectivity index (χ3v) is 2.05. The van der Waals surface area contributed by atoms with E-state index in [9.17, 15) is 17.8 Å². The summed E-state index contributed by atoms with van der Waals surface area (Å²) in [6.45, 7) is 2.02. The topological polar surface area (TPSA) is 102 Å². The Morgan fingerprint density at radius 3 is 2.00 bits per heavy atom. The first-order chi connectivity index (χ1) is 7.42. The second-order valence-electron chi connectivity index (χ2n) is 2.83. The van der Waals surface area contributed by atoms with Crippen molar-refractivity contribution in [2.45, 2.75) is 6.92 Å². The molecule has 0 aromatic carbocycles. The summed E-state index contributed by atoms with van der Waals surface area (Å²) in [4.78, 5) is 10.3. The Hall–Kier alpha value is 0.300. The van der Waals surface area contributed by atoms with Crippen LogP contribution in [-0.2, 0) is 29.1 Å². The Balaban J connectivity index is 0. The van der Waals surface area contributed by atoms with Crippen LogP contribution >= 0.6 is 0 Å². The van der Waals surface area contributed by atoms with Crippen molar-refractivity contribution in [3.8, 4) is 0 Å². The molecule has 9 heteroatoms. The fraction of sp³-hybridized carbons (Fsp3) is 0.875. The molecule has 0 saturated heterocycles. The summed E-state index contributed by atoms with van der Waals surface area (Å²) in [5.74, 6) is -0.916. The van der Waals surface area contributed by atoms with Crippen molar-refractivity contribution in [3.05, 3.63) is 0 Å². The minimum atomic E-state index is -4.21. The SMILES string of the molecule is CC(=O)OCCOCCOCCS(=O)(=O)[O-].[Na+]. The third-order valence-electron chi connectivity index (χ3n) is 1.38. The Morgan fingerprint density at radius 1 is 1.06 bits per heavy atom. The van der Waals surface area contributed by atoms with Crippen LogP contribution in [0.4, 0.5) is 0 Å². The molecule has 0 aliphatic carbocycles. The molecule has 0 saturated carbocycles. The molecule has 0 atom stereocenters. The molecule has 0 aliphatic rings. The van der Waals surface area contributed by atoms with Crippen LogP contribution in [0.15, 0.2) is 0 Å². The third kappa shape index (κ3) is 18.8. The molecule has 17 heavy (non-hydrogen) atoms. The quantitative estimate of drug-likeness (QED) is 0.184. The monoisotopic (exact) mass is 278 g/mol. The Bertz CT molecular complexity index is 290. The predicted octanol–water partition coefficient (Wildman–Crippen LogP) is -3.87. The van der Waals surface area contributed by atoms with Gasteiger partial charge in [-0.25, -0.2) is 8.42 Å². The van der Waals surface area contributed by atoms with Crippen LogP contribution in [0.1, 0.15) is 6.92 Å². The van der Waals surface area contributed by atoms with Crippen LogP contribution in [0.5, 0.6) is 0 Å². The number of hydrogen-bond acceptors (Lipinski definition) is 7. The summed E-state index contributed by atoms with van der Waals surface area (Å²) in [5, 5.41) is 0. The molecule has 96 valence electrons. The second kappa shape index (κ2) is 11.4. The van der Waals surface area contributed by atoms with Gasteiger partial charge < -0.3 is 18.8 Å². The van der Waals surface area contributed by atoms with Crippen LogP contribution in [-0.4, -0.2) is 57.7 Å². The minimum Gasteiger partial charge on any atom is -0.748 e. The minimum absolute atomic E-state index is 0. The average Bonchev–Trinajstić information content (AvgIpc) is 2.13. The van der Waals surface area contributed by atoms with Crippen LogP contribution < -0.4 is 29.6 Å². The molecule has 0 fully saturated rings. The maximum absolute atomic E-state index is 10.3. The molecule has 0 aromatic rings. The molecule has 0 rings (SSSR count). The number of esters is 1. The van der Waals surface area contributed by atoms with E-state index in [1.54, 1.807) is 0 Å². The van der Waals surface area contributed by atoms with E-state index in [2.05, 4.69) is 4.74 Å². The molecule has 7 nitrogen and oxygen atoms in total. The molecule has 0 N–H and O–H groups in total. The van der Waals surface area contributed by atoms with Gasteiger partial charge in [-0.05, 0) is 0 Å². The summed E-state index contributed by atoms with van der Waals surface area (Å²) in [6.07, 6.45) is 0. The van der Waals surface area contributed by atoms with Crippen molar-refractivity contribution in [1.29, 1.82) is 0 Å². The Kier molecular flexibility index (Phi) is 13.2. The summed E-state index contributed by atoms with van der Waals surface area (Å²) in [7, 11) is -4.21. The predicted molar refractivity (Wildman–Crippen MR) is 52.8 cm³/mol. The van der Waals surface area contributed by atoms with E-state index in [1.165, 1.54) is 6.92 Å². The van der Waals surface area contributed by atoms with Gasteiger partial charge in [0.05, 0.1) is 42.3 Å². The van der Waals surface area contributed by atoms with Crippen molar-refractivity contribution >= 4 is 16.1 Å². The van der Waals surface area contributed by atoms with Crippen molar-refractivity contribution in [3.63, 3.8) is 0 Å². The summed E-state index contributed by atoms with van der Waals surface area (Å²) >= 11 is 0. The van der Waals surface area contributed by atoms with Gasteiger partial charge in [-0.3, -0.25) is 4.79 Å². The fourth-order valence-corrected chi connectivity index (χ4v) is 1.05. The molecular weight excluding hydrogens is 263 g/mol. The van der Waals surface area contributed by atoms with Crippen LogP contribution in [0.3, 0.4) is 0 Å². The standard InChI is InChI=1S/C8H16O7S.Na/c1-8(9)15-5-4-13-2-3-14-6-7-16(10,11)12;/h2-7H2,1H3,(H,10,11,12);/q;+1/p-1. The van der Waals surface area contributed by atoms with Crippen LogP contribution in [0.25, 0.3) is 0 Å². The van der Waals surface area contributed by atoms with Gasteiger partial charge >= 0.3 is 35.5 Å². The van der Waals surface area contributed by atoms with E-state index in [0.29, 0.717) is 0 Å². The normalized spacial score (nSPS) is 10.7. The number of carbonyl (C=O) groups is 1. The number of ether oxygens (including phenoxy) is 3. The molecule has 0 aromatic heterocycles.